The average molecular weight is 273 g/mol. The van der Waals surface area contributed by atoms with E-state index in [0.717, 1.165) is 16.6 Å². The van der Waals surface area contributed by atoms with Gasteiger partial charge in [0, 0.05) is 30.4 Å². The predicted octanol–water partition coefficient (Wildman–Crippen LogP) is 2.22. The average Bonchev–Trinajstić information content (AvgIpc) is 2.84. The molecule has 19 heavy (non-hydrogen) atoms. The van der Waals surface area contributed by atoms with Crippen molar-refractivity contribution in [2.24, 2.45) is 7.05 Å². The van der Waals surface area contributed by atoms with Crippen LogP contribution in [0.2, 0.25) is 0 Å². The van der Waals surface area contributed by atoms with E-state index >= 15 is 0 Å². The summed E-state index contributed by atoms with van der Waals surface area (Å²) < 4.78 is 22.2. The maximum Gasteiger partial charge on any atom is 0.187 e. The summed E-state index contributed by atoms with van der Waals surface area (Å²) in [5.74, 6) is 0. The van der Waals surface area contributed by atoms with Crippen molar-refractivity contribution in [2.75, 3.05) is 0 Å². The summed E-state index contributed by atoms with van der Waals surface area (Å²) >= 11 is -2.01. The fraction of sp³-hybridized carbons (Fsp3) is 0.0769. The van der Waals surface area contributed by atoms with Gasteiger partial charge in [-0.25, -0.2) is 4.21 Å². The first-order valence-corrected chi connectivity index (χ1v) is 6.74. The second-order valence-electron chi connectivity index (χ2n) is 4.20. The third-order valence-electron chi connectivity index (χ3n) is 2.91. The minimum Gasteiger partial charge on any atom is -0.302 e. The number of rotatable bonds is 2. The highest BCUT2D eigenvalue weighted by atomic mass is 32.2. The van der Waals surface area contributed by atoms with Gasteiger partial charge in [-0.3, -0.25) is 9.67 Å². The monoisotopic (exact) mass is 273 g/mol. The number of aromatic nitrogens is 3. The summed E-state index contributed by atoms with van der Waals surface area (Å²) in [6.45, 7) is 0. The standard InChI is InChI=1S/C13H11N3O2S/c1-16-8-10(6-15-16)12-5-9-3-2-4-13(19(17)18)11(9)7-14-12/h2-8H,1H3,(H,17,18). The molecule has 3 rings (SSSR count). The number of hydrogen-bond donors (Lipinski definition) is 1. The zero-order chi connectivity index (χ0) is 13.4. The topological polar surface area (TPSA) is 68.0 Å². The molecule has 0 aliphatic carbocycles. The van der Waals surface area contributed by atoms with Crippen molar-refractivity contribution in [3.63, 3.8) is 0 Å². The van der Waals surface area contributed by atoms with Crippen LogP contribution in [0.15, 0.2) is 47.8 Å². The molecule has 1 unspecified atom stereocenters. The quantitative estimate of drug-likeness (QED) is 0.727. The summed E-state index contributed by atoms with van der Waals surface area (Å²) in [5.41, 5.74) is 1.71. The van der Waals surface area contributed by atoms with E-state index < -0.39 is 11.1 Å². The van der Waals surface area contributed by atoms with Crippen LogP contribution in [-0.4, -0.2) is 23.5 Å². The van der Waals surface area contributed by atoms with Crippen molar-refractivity contribution in [1.82, 2.24) is 14.8 Å². The molecular formula is C13H11N3O2S. The molecular weight excluding hydrogens is 262 g/mol. The van der Waals surface area contributed by atoms with E-state index in [1.54, 1.807) is 29.2 Å². The predicted molar refractivity (Wildman–Crippen MR) is 73.0 cm³/mol. The molecule has 0 bridgehead atoms. The molecule has 2 heterocycles. The smallest absolute Gasteiger partial charge is 0.187 e. The SMILES string of the molecule is Cn1cc(-c2cc3cccc(S(=O)O)c3cn2)cn1. The van der Waals surface area contributed by atoms with Gasteiger partial charge in [0.1, 0.15) is 0 Å². The van der Waals surface area contributed by atoms with Gasteiger partial charge in [0.25, 0.3) is 0 Å². The number of nitrogens with zero attached hydrogens (tertiary/aromatic N) is 3. The van der Waals surface area contributed by atoms with Crippen LogP contribution < -0.4 is 0 Å². The van der Waals surface area contributed by atoms with Crippen molar-refractivity contribution >= 4 is 21.9 Å². The zero-order valence-electron chi connectivity index (χ0n) is 10.1. The molecule has 0 fully saturated rings. The van der Waals surface area contributed by atoms with E-state index in [1.165, 1.54) is 0 Å². The minimum absolute atomic E-state index is 0.378. The molecule has 0 saturated heterocycles. The van der Waals surface area contributed by atoms with Gasteiger partial charge in [-0.15, -0.1) is 0 Å². The Morgan fingerprint density at radius 1 is 1.32 bits per heavy atom. The Labute approximate surface area is 112 Å². The number of fused-ring (bicyclic) bond motifs is 1. The van der Waals surface area contributed by atoms with Crippen molar-refractivity contribution in [1.29, 1.82) is 0 Å². The molecule has 0 aliphatic rings. The van der Waals surface area contributed by atoms with Gasteiger partial charge in [-0.05, 0) is 17.5 Å². The lowest BCUT2D eigenvalue weighted by atomic mass is 10.1. The van der Waals surface area contributed by atoms with Gasteiger partial charge in [0.2, 0.25) is 0 Å². The Hall–Kier alpha value is -2.05. The lowest BCUT2D eigenvalue weighted by molar-refractivity contribution is 0.565. The summed E-state index contributed by atoms with van der Waals surface area (Å²) in [6.07, 6.45) is 5.24. The minimum atomic E-state index is -2.01. The molecule has 1 aromatic carbocycles. The Morgan fingerprint density at radius 3 is 2.84 bits per heavy atom. The lowest BCUT2D eigenvalue weighted by Crippen LogP contribution is -1.91. The lowest BCUT2D eigenvalue weighted by Gasteiger charge is -2.04. The summed E-state index contributed by atoms with van der Waals surface area (Å²) in [5, 5.41) is 5.68. The Morgan fingerprint density at radius 2 is 2.16 bits per heavy atom. The Kier molecular flexibility index (Phi) is 2.88. The van der Waals surface area contributed by atoms with E-state index in [1.807, 2.05) is 25.4 Å². The first-order chi connectivity index (χ1) is 9.15. The summed E-state index contributed by atoms with van der Waals surface area (Å²) in [4.78, 5) is 4.71. The van der Waals surface area contributed by atoms with Gasteiger partial charge in [0.05, 0.1) is 16.8 Å². The normalized spacial score (nSPS) is 12.7. The van der Waals surface area contributed by atoms with Gasteiger partial charge in [-0.1, -0.05) is 12.1 Å². The molecule has 0 amide bonds. The maximum absolute atomic E-state index is 11.2. The Balaban J connectivity index is 2.19. The number of aryl methyl sites for hydroxylation is 1. The fourth-order valence-electron chi connectivity index (χ4n) is 2.01. The van der Waals surface area contributed by atoms with Crippen LogP contribution in [0.1, 0.15) is 0 Å². The largest absolute Gasteiger partial charge is 0.302 e. The molecule has 1 atom stereocenters. The van der Waals surface area contributed by atoms with E-state index in [9.17, 15) is 8.76 Å². The van der Waals surface area contributed by atoms with E-state index in [0.29, 0.717) is 10.3 Å². The third kappa shape index (κ3) is 2.16. The van der Waals surface area contributed by atoms with Gasteiger partial charge < -0.3 is 4.55 Å². The fourth-order valence-corrected chi connectivity index (χ4v) is 2.56. The van der Waals surface area contributed by atoms with Crippen LogP contribution in [0.3, 0.4) is 0 Å². The van der Waals surface area contributed by atoms with Crippen LogP contribution in [0.4, 0.5) is 0 Å². The highest BCUT2D eigenvalue weighted by Gasteiger charge is 2.08. The molecule has 2 aromatic heterocycles. The van der Waals surface area contributed by atoms with E-state index in [2.05, 4.69) is 10.1 Å². The highest BCUT2D eigenvalue weighted by Crippen LogP contribution is 2.25. The third-order valence-corrected chi connectivity index (χ3v) is 3.65. The number of pyridine rings is 1. The molecule has 96 valence electrons. The molecule has 0 spiro atoms. The number of benzene rings is 1. The first-order valence-electron chi connectivity index (χ1n) is 5.64. The summed E-state index contributed by atoms with van der Waals surface area (Å²) in [7, 11) is 1.84. The molecule has 3 aromatic rings. The zero-order valence-corrected chi connectivity index (χ0v) is 11.0. The van der Waals surface area contributed by atoms with Crippen LogP contribution in [0.5, 0.6) is 0 Å². The molecule has 0 saturated carbocycles. The van der Waals surface area contributed by atoms with Crippen LogP contribution in [0.25, 0.3) is 22.0 Å². The van der Waals surface area contributed by atoms with Crippen molar-refractivity contribution < 1.29 is 8.76 Å². The van der Waals surface area contributed by atoms with E-state index in [4.69, 9.17) is 0 Å². The molecule has 0 radical (unpaired) electrons. The molecule has 5 nitrogen and oxygen atoms in total. The maximum atomic E-state index is 11.2. The second-order valence-corrected chi connectivity index (χ2v) is 5.14. The van der Waals surface area contributed by atoms with Crippen LogP contribution in [-0.2, 0) is 18.1 Å². The molecule has 0 aliphatic heterocycles. The second kappa shape index (κ2) is 4.56. The molecule has 1 N–H and O–H groups in total. The van der Waals surface area contributed by atoms with Crippen molar-refractivity contribution in [3.05, 3.63) is 42.9 Å². The first kappa shape index (κ1) is 12.0. The van der Waals surface area contributed by atoms with Crippen LogP contribution >= 0.6 is 0 Å². The van der Waals surface area contributed by atoms with Crippen LogP contribution in [0, 0.1) is 0 Å². The summed E-state index contributed by atoms with van der Waals surface area (Å²) in [6, 6.07) is 7.18. The van der Waals surface area contributed by atoms with Crippen molar-refractivity contribution in [3.8, 4) is 11.3 Å². The van der Waals surface area contributed by atoms with Gasteiger partial charge in [0.15, 0.2) is 11.1 Å². The van der Waals surface area contributed by atoms with Gasteiger partial charge in [-0.2, -0.15) is 5.10 Å². The van der Waals surface area contributed by atoms with Gasteiger partial charge >= 0.3 is 0 Å². The van der Waals surface area contributed by atoms with E-state index in [-0.39, 0.29) is 0 Å². The Bertz CT molecular complexity index is 782. The van der Waals surface area contributed by atoms with Crippen molar-refractivity contribution in [2.45, 2.75) is 4.90 Å². The molecule has 6 heteroatoms. The number of hydrogen-bond acceptors (Lipinski definition) is 3. The highest BCUT2D eigenvalue weighted by molar-refractivity contribution is 7.79.